The molecule has 3 rings (SSSR count). The fraction of sp³-hybridized carbons (Fsp3) is 0.533. The summed E-state index contributed by atoms with van der Waals surface area (Å²) in [5.41, 5.74) is 7.91. The van der Waals surface area contributed by atoms with Gasteiger partial charge >= 0.3 is 0 Å². The largest absolute Gasteiger partial charge is 0.369 e. The first-order valence-electron chi connectivity index (χ1n) is 6.41. The van der Waals surface area contributed by atoms with Gasteiger partial charge in [0.2, 0.25) is 5.91 Å². The normalized spacial score (nSPS) is 34.1. The molecule has 0 saturated heterocycles. The Hall–Kier alpha value is -1.31. The van der Waals surface area contributed by atoms with E-state index in [9.17, 15) is 4.79 Å². The van der Waals surface area contributed by atoms with Crippen LogP contribution in [-0.2, 0) is 4.79 Å². The second-order valence-electron chi connectivity index (χ2n) is 5.74. The van der Waals surface area contributed by atoms with Crippen molar-refractivity contribution in [2.75, 3.05) is 0 Å². The van der Waals surface area contributed by atoms with Crippen LogP contribution in [-0.4, -0.2) is 5.91 Å². The number of fused-ring (bicyclic) bond motifs is 3. The van der Waals surface area contributed by atoms with Gasteiger partial charge in [-0.1, -0.05) is 32.0 Å². The van der Waals surface area contributed by atoms with E-state index in [1.54, 1.807) is 0 Å². The molecule has 89 valence electrons. The zero-order valence-electron chi connectivity index (χ0n) is 10.3. The molecule has 2 N–H and O–H groups in total. The Kier molecular flexibility index (Phi) is 2.29. The van der Waals surface area contributed by atoms with Gasteiger partial charge in [0.25, 0.3) is 0 Å². The Morgan fingerprint density at radius 1 is 1.53 bits per heavy atom. The zero-order valence-corrected chi connectivity index (χ0v) is 10.3. The summed E-state index contributed by atoms with van der Waals surface area (Å²) in [4.78, 5) is 11.6. The van der Waals surface area contributed by atoms with Gasteiger partial charge in [0.05, 0.1) is 5.92 Å². The van der Waals surface area contributed by atoms with E-state index >= 15 is 0 Å². The van der Waals surface area contributed by atoms with Gasteiger partial charge in [-0.05, 0) is 47.3 Å². The van der Waals surface area contributed by atoms with Crippen molar-refractivity contribution in [2.24, 2.45) is 23.5 Å². The van der Waals surface area contributed by atoms with Crippen molar-refractivity contribution in [3.63, 3.8) is 0 Å². The summed E-state index contributed by atoms with van der Waals surface area (Å²) < 4.78 is 0. The van der Waals surface area contributed by atoms with Crippen molar-refractivity contribution in [3.8, 4) is 0 Å². The summed E-state index contributed by atoms with van der Waals surface area (Å²) in [6.45, 7) is 4.54. The maximum atomic E-state index is 11.6. The van der Waals surface area contributed by atoms with Gasteiger partial charge in [0.15, 0.2) is 0 Å². The standard InChI is InChI=1S/C15H18NO/c1-8(2)13-12-7-11(15(16)17)9-5-3-4-6-10(9)14(12)13/h3-4,6,8,11-14H,7H2,1-2H3,(H2,16,17). The highest BCUT2D eigenvalue weighted by atomic mass is 16.1. The fourth-order valence-corrected chi connectivity index (χ4v) is 3.75. The van der Waals surface area contributed by atoms with Gasteiger partial charge in [-0.2, -0.15) is 0 Å². The molecule has 1 aromatic carbocycles. The van der Waals surface area contributed by atoms with Crippen LogP contribution in [0.3, 0.4) is 0 Å². The van der Waals surface area contributed by atoms with Crippen molar-refractivity contribution < 1.29 is 4.79 Å². The molecule has 0 aliphatic heterocycles. The number of hydrogen-bond acceptors (Lipinski definition) is 1. The lowest BCUT2D eigenvalue weighted by molar-refractivity contribution is -0.119. The van der Waals surface area contributed by atoms with Crippen LogP contribution in [0.1, 0.15) is 43.2 Å². The van der Waals surface area contributed by atoms with Gasteiger partial charge < -0.3 is 5.73 Å². The number of rotatable bonds is 2. The quantitative estimate of drug-likeness (QED) is 0.830. The van der Waals surface area contributed by atoms with Crippen molar-refractivity contribution in [2.45, 2.75) is 32.1 Å². The molecular formula is C15H18NO. The van der Waals surface area contributed by atoms with Gasteiger partial charge in [-0.3, -0.25) is 4.79 Å². The number of amides is 1. The zero-order chi connectivity index (χ0) is 12.2. The highest BCUT2D eigenvalue weighted by Gasteiger charge is 2.56. The van der Waals surface area contributed by atoms with E-state index in [1.165, 1.54) is 5.56 Å². The minimum Gasteiger partial charge on any atom is -0.369 e. The summed E-state index contributed by atoms with van der Waals surface area (Å²) in [6, 6.07) is 9.30. The number of carbonyl (C=O) groups excluding carboxylic acids is 1. The molecule has 1 saturated carbocycles. The first-order chi connectivity index (χ1) is 8.11. The van der Waals surface area contributed by atoms with E-state index in [4.69, 9.17) is 5.73 Å². The van der Waals surface area contributed by atoms with Gasteiger partial charge in [-0.25, -0.2) is 0 Å². The van der Waals surface area contributed by atoms with Crippen LogP contribution in [0.2, 0.25) is 0 Å². The average Bonchev–Trinajstić information content (AvgIpc) is 3.02. The molecule has 1 radical (unpaired) electrons. The molecule has 1 fully saturated rings. The molecule has 17 heavy (non-hydrogen) atoms. The second-order valence-corrected chi connectivity index (χ2v) is 5.74. The van der Waals surface area contributed by atoms with Crippen LogP contribution in [0.4, 0.5) is 0 Å². The van der Waals surface area contributed by atoms with Gasteiger partial charge in [-0.15, -0.1) is 0 Å². The average molecular weight is 228 g/mol. The Labute approximate surface area is 102 Å². The lowest BCUT2D eigenvalue weighted by atomic mass is 9.82. The maximum Gasteiger partial charge on any atom is 0.225 e. The summed E-state index contributed by atoms with van der Waals surface area (Å²) in [7, 11) is 0. The van der Waals surface area contributed by atoms with Crippen molar-refractivity contribution in [1.29, 1.82) is 0 Å². The van der Waals surface area contributed by atoms with E-state index in [0.29, 0.717) is 17.8 Å². The van der Waals surface area contributed by atoms with Gasteiger partial charge in [0, 0.05) is 0 Å². The smallest absolute Gasteiger partial charge is 0.225 e. The van der Waals surface area contributed by atoms with Crippen LogP contribution in [0.25, 0.3) is 0 Å². The molecule has 0 spiro atoms. The molecule has 0 heterocycles. The summed E-state index contributed by atoms with van der Waals surface area (Å²) in [5.74, 6) is 2.42. The van der Waals surface area contributed by atoms with Crippen LogP contribution in [0.5, 0.6) is 0 Å². The second kappa shape index (κ2) is 3.59. The highest BCUT2D eigenvalue weighted by molar-refractivity contribution is 5.83. The summed E-state index contributed by atoms with van der Waals surface area (Å²) in [6.07, 6.45) is 0.927. The van der Waals surface area contributed by atoms with E-state index in [0.717, 1.165) is 17.9 Å². The third kappa shape index (κ3) is 1.50. The molecule has 4 atom stereocenters. The first kappa shape index (κ1) is 10.8. The molecule has 0 bridgehead atoms. The fourth-order valence-electron chi connectivity index (χ4n) is 3.75. The SMILES string of the molecule is CC(C)C1C2CC(C(N)=O)c3[c]cccc3C21. The molecular weight excluding hydrogens is 210 g/mol. The summed E-state index contributed by atoms with van der Waals surface area (Å²) in [5, 5.41) is 0. The Bertz CT molecular complexity index is 466. The van der Waals surface area contributed by atoms with Crippen LogP contribution in [0.15, 0.2) is 18.2 Å². The molecule has 2 nitrogen and oxygen atoms in total. The Morgan fingerprint density at radius 3 is 2.94 bits per heavy atom. The number of benzene rings is 1. The third-order valence-electron chi connectivity index (χ3n) is 4.48. The monoisotopic (exact) mass is 228 g/mol. The predicted molar refractivity (Wildman–Crippen MR) is 66.4 cm³/mol. The number of hydrogen-bond donors (Lipinski definition) is 1. The number of primary amides is 1. The van der Waals surface area contributed by atoms with Crippen molar-refractivity contribution in [3.05, 3.63) is 35.4 Å². The van der Waals surface area contributed by atoms with Crippen LogP contribution >= 0.6 is 0 Å². The first-order valence-corrected chi connectivity index (χ1v) is 6.41. The topological polar surface area (TPSA) is 43.1 Å². The third-order valence-corrected chi connectivity index (χ3v) is 4.48. The molecule has 2 aliphatic rings. The Balaban J connectivity index is 2.02. The molecule has 1 amide bonds. The molecule has 2 aliphatic carbocycles. The number of carbonyl (C=O) groups is 1. The minimum absolute atomic E-state index is 0.115. The van der Waals surface area contributed by atoms with E-state index in [1.807, 2.05) is 12.1 Å². The molecule has 0 aromatic heterocycles. The van der Waals surface area contributed by atoms with Crippen molar-refractivity contribution >= 4 is 5.91 Å². The minimum atomic E-state index is -0.193. The van der Waals surface area contributed by atoms with E-state index in [2.05, 4.69) is 26.0 Å². The lowest BCUT2D eigenvalue weighted by Gasteiger charge is -2.21. The van der Waals surface area contributed by atoms with E-state index < -0.39 is 0 Å². The highest BCUT2D eigenvalue weighted by Crippen LogP contribution is 2.64. The van der Waals surface area contributed by atoms with Crippen molar-refractivity contribution in [1.82, 2.24) is 0 Å². The number of nitrogens with two attached hydrogens (primary N) is 1. The molecule has 2 heteroatoms. The van der Waals surface area contributed by atoms with Gasteiger partial charge in [0.1, 0.15) is 0 Å². The predicted octanol–water partition coefficient (Wildman–Crippen LogP) is 2.44. The maximum absolute atomic E-state index is 11.6. The van der Waals surface area contributed by atoms with E-state index in [-0.39, 0.29) is 11.8 Å². The molecule has 4 unspecified atom stereocenters. The van der Waals surface area contributed by atoms with Crippen LogP contribution < -0.4 is 5.73 Å². The summed E-state index contributed by atoms with van der Waals surface area (Å²) >= 11 is 0. The van der Waals surface area contributed by atoms with Crippen LogP contribution in [0, 0.1) is 23.8 Å². The molecule has 1 aromatic rings. The Morgan fingerprint density at radius 2 is 2.29 bits per heavy atom. The lowest BCUT2D eigenvalue weighted by Crippen LogP contribution is -2.25.